The van der Waals surface area contributed by atoms with Crippen molar-refractivity contribution in [3.05, 3.63) is 28.8 Å². The van der Waals surface area contributed by atoms with Gasteiger partial charge < -0.3 is 5.32 Å². The number of hydrogen-bond donors (Lipinski definition) is 1. The van der Waals surface area contributed by atoms with Crippen molar-refractivity contribution in [3.63, 3.8) is 0 Å². The predicted octanol–water partition coefficient (Wildman–Crippen LogP) is 1.55. The van der Waals surface area contributed by atoms with Crippen molar-refractivity contribution in [2.24, 2.45) is 0 Å². The second-order valence-electron chi connectivity index (χ2n) is 5.33. The molecule has 1 amide bonds. The maximum Gasteiger partial charge on any atom is 0.245 e. The quantitative estimate of drug-likeness (QED) is 0.900. The summed E-state index contributed by atoms with van der Waals surface area (Å²) < 4.78 is 26.7. The number of amides is 1. The number of nitrogens with zero attached hydrogens (tertiary/aromatic N) is 1. The van der Waals surface area contributed by atoms with Crippen LogP contribution in [0.15, 0.2) is 23.1 Å². The minimum Gasteiger partial charge on any atom is -0.353 e. The highest BCUT2D eigenvalue weighted by molar-refractivity contribution is 7.89. The zero-order valence-electron chi connectivity index (χ0n) is 11.6. The van der Waals surface area contributed by atoms with Crippen LogP contribution in [0.2, 0.25) is 5.02 Å². The molecular formula is C13H17ClN2O3S. The van der Waals surface area contributed by atoms with Crippen molar-refractivity contribution in [3.8, 4) is 0 Å². The average molecular weight is 317 g/mol. The Labute approximate surface area is 124 Å². The standard InChI is InChI=1S/C13H17ClN2O3S/c1-9-4-5-11(10(14)8-9)20(18,19)16-7-6-15-12(17)13(16,2)3/h4-5,8H,6-7H2,1-3H3,(H,15,17). The van der Waals surface area contributed by atoms with Gasteiger partial charge in [-0.3, -0.25) is 4.79 Å². The van der Waals surface area contributed by atoms with Gasteiger partial charge in [0.15, 0.2) is 0 Å². The minimum absolute atomic E-state index is 0.0348. The van der Waals surface area contributed by atoms with Crippen molar-refractivity contribution >= 4 is 27.5 Å². The van der Waals surface area contributed by atoms with Crippen LogP contribution >= 0.6 is 11.6 Å². The molecule has 0 radical (unpaired) electrons. The Morgan fingerprint density at radius 2 is 2.00 bits per heavy atom. The van der Waals surface area contributed by atoms with Crippen LogP contribution in [-0.4, -0.2) is 37.3 Å². The lowest BCUT2D eigenvalue weighted by atomic mass is 10.0. The number of carbonyl (C=O) groups is 1. The van der Waals surface area contributed by atoms with E-state index in [0.717, 1.165) is 5.56 Å². The first kappa shape index (κ1) is 15.3. The molecule has 7 heteroatoms. The molecule has 2 rings (SSSR count). The Hall–Kier alpha value is -1.11. The number of nitrogens with one attached hydrogen (secondary N) is 1. The summed E-state index contributed by atoms with van der Waals surface area (Å²) in [6.45, 7) is 5.53. The molecule has 110 valence electrons. The summed E-state index contributed by atoms with van der Waals surface area (Å²) in [5.74, 6) is -0.310. The topological polar surface area (TPSA) is 66.5 Å². The minimum atomic E-state index is -3.81. The van der Waals surface area contributed by atoms with Crippen LogP contribution in [0, 0.1) is 6.92 Å². The fraction of sp³-hybridized carbons (Fsp3) is 0.462. The van der Waals surface area contributed by atoms with Crippen LogP contribution in [0.3, 0.4) is 0 Å². The Morgan fingerprint density at radius 3 is 2.60 bits per heavy atom. The summed E-state index contributed by atoms with van der Waals surface area (Å²) in [6, 6.07) is 4.77. The molecule has 0 saturated carbocycles. The summed E-state index contributed by atoms with van der Waals surface area (Å²) >= 11 is 6.06. The molecule has 1 aromatic carbocycles. The Bertz CT molecular complexity index is 656. The van der Waals surface area contributed by atoms with E-state index in [2.05, 4.69) is 5.32 Å². The molecule has 0 bridgehead atoms. The van der Waals surface area contributed by atoms with Crippen LogP contribution < -0.4 is 5.32 Å². The van der Waals surface area contributed by atoms with Gasteiger partial charge in [-0.1, -0.05) is 17.7 Å². The van der Waals surface area contributed by atoms with Gasteiger partial charge in [0.1, 0.15) is 10.4 Å². The number of piperazine rings is 1. The maximum absolute atomic E-state index is 12.7. The van der Waals surface area contributed by atoms with Gasteiger partial charge in [0.2, 0.25) is 15.9 Å². The van der Waals surface area contributed by atoms with Crippen LogP contribution in [0.25, 0.3) is 0 Å². The largest absolute Gasteiger partial charge is 0.353 e. The molecule has 20 heavy (non-hydrogen) atoms. The van der Waals surface area contributed by atoms with E-state index in [-0.39, 0.29) is 22.4 Å². The number of sulfonamides is 1. The van der Waals surface area contributed by atoms with Gasteiger partial charge >= 0.3 is 0 Å². The van der Waals surface area contributed by atoms with Crippen LogP contribution in [0.1, 0.15) is 19.4 Å². The molecule has 5 nitrogen and oxygen atoms in total. The highest BCUT2D eigenvalue weighted by Crippen LogP contribution is 2.31. The third-order valence-electron chi connectivity index (χ3n) is 3.44. The van der Waals surface area contributed by atoms with E-state index >= 15 is 0 Å². The van der Waals surface area contributed by atoms with Crippen molar-refractivity contribution < 1.29 is 13.2 Å². The van der Waals surface area contributed by atoms with E-state index in [9.17, 15) is 13.2 Å². The number of aryl methyl sites for hydroxylation is 1. The number of benzene rings is 1. The fourth-order valence-electron chi connectivity index (χ4n) is 2.23. The summed E-state index contributed by atoms with van der Waals surface area (Å²) in [5.41, 5.74) is -0.254. The molecular weight excluding hydrogens is 300 g/mol. The van der Waals surface area contributed by atoms with Crippen LogP contribution in [-0.2, 0) is 14.8 Å². The first-order valence-electron chi connectivity index (χ1n) is 6.24. The van der Waals surface area contributed by atoms with Crippen LogP contribution in [0.5, 0.6) is 0 Å². The molecule has 1 aromatic rings. The highest BCUT2D eigenvalue weighted by Gasteiger charge is 2.45. The lowest BCUT2D eigenvalue weighted by Crippen LogP contribution is -2.63. The number of rotatable bonds is 2. The van der Waals surface area contributed by atoms with Gasteiger partial charge in [0.05, 0.1) is 5.02 Å². The molecule has 1 saturated heterocycles. The first-order chi connectivity index (χ1) is 9.17. The SMILES string of the molecule is Cc1ccc(S(=O)(=O)N2CCNC(=O)C2(C)C)c(Cl)c1. The molecule has 0 spiro atoms. The summed E-state index contributed by atoms with van der Waals surface area (Å²) in [5, 5.41) is 2.84. The third-order valence-corrected chi connectivity index (χ3v) is 5.99. The second kappa shape index (κ2) is 5.02. The Morgan fingerprint density at radius 1 is 1.35 bits per heavy atom. The molecule has 0 atom stereocenters. The van der Waals surface area contributed by atoms with Gasteiger partial charge in [-0.25, -0.2) is 8.42 Å². The molecule has 1 fully saturated rings. The van der Waals surface area contributed by atoms with Crippen molar-refractivity contribution in [2.75, 3.05) is 13.1 Å². The van der Waals surface area contributed by atoms with Gasteiger partial charge in [-0.2, -0.15) is 4.31 Å². The summed E-state index contributed by atoms with van der Waals surface area (Å²) in [7, 11) is -3.81. The molecule has 0 unspecified atom stereocenters. The predicted molar refractivity (Wildman–Crippen MR) is 77.2 cm³/mol. The van der Waals surface area contributed by atoms with Gasteiger partial charge in [-0.05, 0) is 38.5 Å². The summed E-state index contributed by atoms with van der Waals surface area (Å²) in [4.78, 5) is 11.9. The van der Waals surface area contributed by atoms with Gasteiger partial charge in [-0.15, -0.1) is 0 Å². The third kappa shape index (κ3) is 2.43. The fourth-order valence-corrected chi connectivity index (χ4v) is 4.56. The average Bonchev–Trinajstić information content (AvgIpc) is 2.31. The van der Waals surface area contributed by atoms with E-state index in [4.69, 9.17) is 11.6 Å². The molecule has 0 aromatic heterocycles. The molecule has 1 N–H and O–H groups in total. The van der Waals surface area contributed by atoms with E-state index < -0.39 is 15.6 Å². The van der Waals surface area contributed by atoms with Crippen molar-refractivity contribution in [1.29, 1.82) is 0 Å². The lowest BCUT2D eigenvalue weighted by Gasteiger charge is -2.39. The number of carbonyl (C=O) groups excluding carboxylic acids is 1. The van der Waals surface area contributed by atoms with Crippen molar-refractivity contribution in [1.82, 2.24) is 9.62 Å². The molecule has 0 aliphatic carbocycles. The smallest absolute Gasteiger partial charge is 0.245 e. The van der Waals surface area contributed by atoms with Gasteiger partial charge in [0, 0.05) is 13.1 Å². The van der Waals surface area contributed by atoms with Crippen molar-refractivity contribution in [2.45, 2.75) is 31.2 Å². The van der Waals surface area contributed by atoms with Crippen LogP contribution in [0.4, 0.5) is 0 Å². The Balaban J connectivity index is 2.52. The monoisotopic (exact) mass is 316 g/mol. The van der Waals surface area contributed by atoms with E-state index in [1.807, 2.05) is 6.92 Å². The maximum atomic E-state index is 12.7. The Kier molecular flexibility index (Phi) is 3.83. The molecule has 1 aliphatic rings. The van der Waals surface area contributed by atoms with E-state index in [0.29, 0.717) is 6.54 Å². The van der Waals surface area contributed by atoms with E-state index in [1.54, 1.807) is 26.0 Å². The highest BCUT2D eigenvalue weighted by atomic mass is 35.5. The first-order valence-corrected chi connectivity index (χ1v) is 8.06. The molecule has 1 heterocycles. The molecule has 1 aliphatic heterocycles. The number of halogens is 1. The summed E-state index contributed by atoms with van der Waals surface area (Å²) in [6.07, 6.45) is 0. The zero-order valence-corrected chi connectivity index (χ0v) is 13.2. The zero-order chi connectivity index (χ0) is 15.1. The van der Waals surface area contributed by atoms with E-state index in [1.165, 1.54) is 10.4 Å². The normalized spacial score (nSPS) is 19.7. The number of hydrogen-bond acceptors (Lipinski definition) is 3. The lowest BCUT2D eigenvalue weighted by molar-refractivity contribution is -0.131. The second-order valence-corrected chi connectivity index (χ2v) is 7.56. The van der Waals surface area contributed by atoms with Gasteiger partial charge in [0.25, 0.3) is 0 Å².